The lowest BCUT2D eigenvalue weighted by molar-refractivity contribution is 0.102. The molecule has 2 rings (SSSR count). The summed E-state index contributed by atoms with van der Waals surface area (Å²) in [4.78, 5) is 12.1. The van der Waals surface area contributed by atoms with Crippen molar-refractivity contribution in [1.82, 2.24) is 0 Å². The van der Waals surface area contributed by atoms with Gasteiger partial charge in [0.2, 0.25) is 0 Å². The predicted octanol–water partition coefficient (Wildman–Crippen LogP) is 5.43. The lowest BCUT2D eigenvalue weighted by Gasteiger charge is -2.08. The van der Waals surface area contributed by atoms with Crippen LogP contribution < -0.4 is 5.32 Å². The summed E-state index contributed by atoms with van der Waals surface area (Å²) in [6, 6.07) is 10.7. The molecule has 0 aliphatic carbocycles. The number of rotatable bonds is 2. The van der Waals surface area contributed by atoms with Gasteiger partial charge >= 0.3 is 0 Å². The fourth-order valence-corrected chi connectivity index (χ4v) is 2.72. The van der Waals surface area contributed by atoms with Crippen LogP contribution in [0, 0.1) is 6.92 Å². The van der Waals surface area contributed by atoms with Crippen LogP contribution in [0.15, 0.2) is 45.3 Å². The standard InChI is InChI=1S/C14H10Br2ClNO/c1-8-4-12(2-3-13(8)16)18-14(19)9-5-10(15)7-11(17)6-9/h2-7H,1H3,(H,18,19). The average Bonchev–Trinajstić information content (AvgIpc) is 2.32. The van der Waals surface area contributed by atoms with Crippen molar-refractivity contribution in [1.29, 1.82) is 0 Å². The van der Waals surface area contributed by atoms with Crippen LogP contribution in [0.4, 0.5) is 5.69 Å². The molecule has 0 aliphatic rings. The molecule has 0 radical (unpaired) electrons. The summed E-state index contributed by atoms with van der Waals surface area (Å²) in [6.45, 7) is 1.97. The summed E-state index contributed by atoms with van der Waals surface area (Å²) in [7, 11) is 0. The van der Waals surface area contributed by atoms with Gasteiger partial charge in [0.05, 0.1) is 0 Å². The van der Waals surface area contributed by atoms with Crippen molar-refractivity contribution < 1.29 is 4.79 Å². The Hall–Kier alpha value is -0.840. The van der Waals surface area contributed by atoms with Crippen molar-refractivity contribution in [3.8, 4) is 0 Å². The highest BCUT2D eigenvalue weighted by molar-refractivity contribution is 9.10. The molecular formula is C14H10Br2ClNO. The summed E-state index contributed by atoms with van der Waals surface area (Å²) < 4.78 is 1.79. The van der Waals surface area contributed by atoms with E-state index < -0.39 is 0 Å². The van der Waals surface area contributed by atoms with Crippen molar-refractivity contribution in [2.75, 3.05) is 5.32 Å². The summed E-state index contributed by atoms with van der Waals surface area (Å²) in [6.07, 6.45) is 0. The molecule has 2 aromatic carbocycles. The Morgan fingerprint density at radius 3 is 2.53 bits per heavy atom. The zero-order chi connectivity index (χ0) is 14.0. The smallest absolute Gasteiger partial charge is 0.255 e. The van der Waals surface area contributed by atoms with Gasteiger partial charge in [0, 0.05) is 25.2 Å². The van der Waals surface area contributed by atoms with Gasteiger partial charge in [-0.3, -0.25) is 4.79 Å². The number of amides is 1. The van der Waals surface area contributed by atoms with E-state index >= 15 is 0 Å². The van der Waals surface area contributed by atoms with Gasteiger partial charge in [-0.05, 0) is 48.9 Å². The highest BCUT2D eigenvalue weighted by Crippen LogP contribution is 2.22. The van der Waals surface area contributed by atoms with E-state index in [2.05, 4.69) is 37.2 Å². The number of benzene rings is 2. The molecule has 1 amide bonds. The summed E-state index contributed by atoms with van der Waals surface area (Å²) >= 11 is 12.7. The average molecular weight is 404 g/mol. The third-order valence-corrected chi connectivity index (χ3v) is 4.11. The van der Waals surface area contributed by atoms with Crippen LogP contribution in [0.25, 0.3) is 0 Å². The summed E-state index contributed by atoms with van der Waals surface area (Å²) in [5, 5.41) is 3.36. The molecule has 0 aromatic heterocycles. The first-order chi connectivity index (χ1) is 8.95. The van der Waals surface area contributed by atoms with Gasteiger partial charge in [0.25, 0.3) is 5.91 Å². The molecule has 0 saturated carbocycles. The second-order valence-electron chi connectivity index (χ2n) is 4.08. The van der Waals surface area contributed by atoms with Crippen LogP contribution in [0.1, 0.15) is 15.9 Å². The first kappa shape index (κ1) is 14.6. The number of hydrogen-bond acceptors (Lipinski definition) is 1. The SMILES string of the molecule is Cc1cc(NC(=O)c2cc(Cl)cc(Br)c2)ccc1Br. The van der Waals surface area contributed by atoms with E-state index in [-0.39, 0.29) is 5.91 Å². The van der Waals surface area contributed by atoms with E-state index in [9.17, 15) is 4.79 Å². The van der Waals surface area contributed by atoms with Crippen LogP contribution in [-0.4, -0.2) is 5.91 Å². The van der Waals surface area contributed by atoms with E-state index in [0.717, 1.165) is 20.2 Å². The third-order valence-electron chi connectivity index (χ3n) is 2.54. The first-order valence-corrected chi connectivity index (χ1v) is 7.46. The van der Waals surface area contributed by atoms with Gasteiger partial charge in [-0.25, -0.2) is 0 Å². The number of halogens is 3. The lowest BCUT2D eigenvalue weighted by atomic mass is 10.2. The van der Waals surface area contributed by atoms with Gasteiger partial charge in [0.15, 0.2) is 0 Å². The van der Waals surface area contributed by atoms with Gasteiger partial charge in [0.1, 0.15) is 0 Å². The van der Waals surface area contributed by atoms with Gasteiger partial charge in [-0.15, -0.1) is 0 Å². The first-order valence-electron chi connectivity index (χ1n) is 5.49. The molecule has 2 aromatic rings. The molecule has 0 saturated heterocycles. The predicted molar refractivity (Wildman–Crippen MR) is 86.0 cm³/mol. The Labute approximate surface area is 133 Å². The number of anilines is 1. The number of hydrogen-bond donors (Lipinski definition) is 1. The number of carbonyl (C=O) groups excluding carboxylic acids is 1. The van der Waals surface area contributed by atoms with Crippen LogP contribution in [-0.2, 0) is 0 Å². The Kier molecular flexibility index (Phi) is 4.66. The Bertz CT molecular complexity index is 623. The van der Waals surface area contributed by atoms with E-state index in [4.69, 9.17) is 11.6 Å². The molecule has 5 heteroatoms. The maximum Gasteiger partial charge on any atom is 0.255 e. The Morgan fingerprint density at radius 2 is 1.89 bits per heavy atom. The molecule has 2 nitrogen and oxygen atoms in total. The number of nitrogens with one attached hydrogen (secondary N) is 1. The molecule has 0 aliphatic heterocycles. The minimum Gasteiger partial charge on any atom is -0.322 e. The number of carbonyl (C=O) groups is 1. The molecule has 0 atom stereocenters. The maximum atomic E-state index is 12.1. The van der Waals surface area contributed by atoms with Gasteiger partial charge in [-0.1, -0.05) is 43.5 Å². The molecule has 0 fully saturated rings. The summed E-state index contributed by atoms with van der Waals surface area (Å²) in [5.74, 6) is -0.190. The second-order valence-corrected chi connectivity index (χ2v) is 6.28. The molecule has 0 heterocycles. The van der Waals surface area contributed by atoms with Crippen LogP contribution >= 0.6 is 43.5 Å². The quantitative estimate of drug-likeness (QED) is 0.712. The van der Waals surface area contributed by atoms with E-state index in [1.54, 1.807) is 18.2 Å². The van der Waals surface area contributed by atoms with Gasteiger partial charge in [-0.2, -0.15) is 0 Å². The molecule has 19 heavy (non-hydrogen) atoms. The molecule has 1 N–H and O–H groups in total. The van der Waals surface area contributed by atoms with Crippen LogP contribution in [0.2, 0.25) is 5.02 Å². The van der Waals surface area contributed by atoms with E-state index in [0.29, 0.717) is 10.6 Å². The zero-order valence-electron chi connectivity index (χ0n) is 10.0. The lowest BCUT2D eigenvalue weighted by Crippen LogP contribution is -2.12. The van der Waals surface area contributed by atoms with Crippen molar-refractivity contribution in [2.45, 2.75) is 6.92 Å². The van der Waals surface area contributed by atoms with Crippen molar-refractivity contribution in [3.05, 3.63) is 61.5 Å². The zero-order valence-corrected chi connectivity index (χ0v) is 13.9. The monoisotopic (exact) mass is 401 g/mol. The third kappa shape index (κ3) is 3.81. The highest BCUT2D eigenvalue weighted by Gasteiger charge is 2.08. The van der Waals surface area contributed by atoms with Gasteiger partial charge < -0.3 is 5.32 Å². The van der Waals surface area contributed by atoms with E-state index in [1.807, 2.05) is 25.1 Å². The maximum absolute atomic E-state index is 12.1. The van der Waals surface area contributed by atoms with Crippen molar-refractivity contribution >= 4 is 55.1 Å². The largest absolute Gasteiger partial charge is 0.322 e. The fourth-order valence-electron chi connectivity index (χ4n) is 1.61. The van der Waals surface area contributed by atoms with E-state index in [1.165, 1.54) is 0 Å². The van der Waals surface area contributed by atoms with Crippen molar-refractivity contribution in [2.24, 2.45) is 0 Å². The molecule has 98 valence electrons. The van der Waals surface area contributed by atoms with Crippen molar-refractivity contribution in [3.63, 3.8) is 0 Å². The topological polar surface area (TPSA) is 29.1 Å². The fraction of sp³-hybridized carbons (Fsp3) is 0.0714. The molecule has 0 bridgehead atoms. The highest BCUT2D eigenvalue weighted by atomic mass is 79.9. The normalized spacial score (nSPS) is 10.3. The summed E-state index contributed by atoms with van der Waals surface area (Å²) in [5.41, 5.74) is 2.33. The second kappa shape index (κ2) is 6.07. The Morgan fingerprint density at radius 1 is 1.16 bits per heavy atom. The number of aryl methyl sites for hydroxylation is 1. The minimum atomic E-state index is -0.190. The molecule has 0 spiro atoms. The molecule has 0 unspecified atom stereocenters. The van der Waals surface area contributed by atoms with Crippen LogP contribution in [0.3, 0.4) is 0 Å². The van der Waals surface area contributed by atoms with Crippen LogP contribution in [0.5, 0.6) is 0 Å². The Balaban J connectivity index is 2.22. The minimum absolute atomic E-state index is 0.190. The molecular weight excluding hydrogens is 393 g/mol.